The number of fused-ring (bicyclic) bond motifs is 1. The first-order chi connectivity index (χ1) is 16.3. The SMILES string of the molecule is CCOc1ccc(NC(=O)CSc2nc3sc(C)c(C)c3c(=O)n2-c2ccc(C)c(C)c2)cc1. The Morgan fingerprint density at radius 2 is 1.82 bits per heavy atom. The molecule has 0 aliphatic carbocycles. The van der Waals surface area contributed by atoms with Crippen LogP contribution < -0.4 is 15.6 Å². The number of nitrogens with zero attached hydrogens (tertiary/aromatic N) is 2. The molecule has 0 spiro atoms. The van der Waals surface area contributed by atoms with Gasteiger partial charge < -0.3 is 10.1 Å². The second kappa shape index (κ2) is 10.0. The largest absolute Gasteiger partial charge is 0.494 e. The molecular weight excluding hydrogens is 466 g/mol. The number of aromatic nitrogens is 2. The number of carbonyl (C=O) groups excluding carboxylic acids is 1. The number of anilines is 1. The normalized spacial score (nSPS) is 11.1. The summed E-state index contributed by atoms with van der Waals surface area (Å²) in [7, 11) is 0. The summed E-state index contributed by atoms with van der Waals surface area (Å²) in [5.41, 5.74) is 4.53. The molecule has 0 aliphatic rings. The third-order valence-corrected chi connectivity index (χ3v) is 7.74. The molecule has 6 nitrogen and oxygen atoms in total. The van der Waals surface area contributed by atoms with E-state index in [9.17, 15) is 9.59 Å². The molecule has 4 rings (SSSR count). The number of hydrogen-bond acceptors (Lipinski definition) is 6. The molecule has 34 heavy (non-hydrogen) atoms. The Morgan fingerprint density at radius 3 is 2.50 bits per heavy atom. The standard InChI is InChI=1S/C26H27N3O3S2/c1-6-32-21-11-8-19(9-12-21)27-22(30)14-33-26-28-24-23(17(4)18(5)34-24)25(31)29(26)20-10-7-15(2)16(3)13-20/h7-13H,6,14H2,1-5H3,(H,27,30). The van der Waals surface area contributed by atoms with E-state index in [1.54, 1.807) is 16.7 Å². The summed E-state index contributed by atoms with van der Waals surface area (Å²) in [5, 5.41) is 4.04. The maximum atomic E-state index is 13.6. The summed E-state index contributed by atoms with van der Waals surface area (Å²) in [6.07, 6.45) is 0. The van der Waals surface area contributed by atoms with Gasteiger partial charge in [-0.05, 0) is 87.7 Å². The molecule has 0 atom stereocenters. The van der Waals surface area contributed by atoms with E-state index in [1.807, 2.05) is 65.0 Å². The van der Waals surface area contributed by atoms with Gasteiger partial charge in [-0.2, -0.15) is 0 Å². The maximum Gasteiger partial charge on any atom is 0.267 e. The summed E-state index contributed by atoms with van der Waals surface area (Å²) < 4.78 is 7.07. The molecule has 0 aliphatic heterocycles. The molecule has 2 heterocycles. The number of carbonyl (C=O) groups is 1. The number of amides is 1. The molecule has 0 fully saturated rings. The summed E-state index contributed by atoms with van der Waals surface area (Å²) in [5.74, 6) is 0.708. The molecule has 176 valence electrons. The predicted molar refractivity (Wildman–Crippen MR) is 141 cm³/mol. The lowest BCUT2D eigenvalue weighted by Crippen LogP contribution is -2.23. The topological polar surface area (TPSA) is 73.2 Å². The van der Waals surface area contributed by atoms with E-state index in [1.165, 1.54) is 23.1 Å². The molecule has 1 amide bonds. The molecule has 2 aromatic heterocycles. The van der Waals surface area contributed by atoms with Gasteiger partial charge in [-0.25, -0.2) is 4.98 Å². The first kappa shape index (κ1) is 24.0. The minimum absolute atomic E-state index is 0.107. The van der Waals surface area contributed by atoms with Crippen molar-refractivity contribution in [2.75, 3.05) is 17.7 Å². The minimum Gasteiger partial charge on any atom is -0.494 e. The van der Waals surface area contributed by atoms with E-state index >= 15 is 0 Å². The van der Waals surface area contributed by atoms with Crippen LogP contribution >= 0.6 is 23.1 Å². The van der Waals surface area contributed by atoms with Crippen molar-refractivity contribution < 1.29 is 9.53 Å². The molecule has 1 N–H and O–H groups in total. The summed E-state index contributed by atoms with van der Waals surface area (Å²) >= 11 is 2.77. The summed E-state index contributed by atoms with van der Waals surface area (Å²) in [6, 6.07) is 13.2. The molecule has 0 radical (unpaired) electrons. The summed E-state index contributed by atoms with van der Waals surface area (Å²) in [4.78, 5) is 32.9. The highest BCUT2D eigenvalue weighted by Gasteiger charge is 2.19. The monoisotopic (exact) mass is 493 g/mol. The van der Waals surface area contributed by atoms with Crippen molar-refractivity contribution in [3.8, 4) is 11.4 Å². The van der Waals surface area contributed by atoms with E-state index in [-0.39, 0.29) is 17.2 Å². The highest BCUT2D eigenvalue weighted by Crippen LogP contribution is 2.30. The van der Waals surface area contributed by atoms with Gasteiger partial charge in [0.25, 0.3) is 5.56 Å². The zero-order valence-electron chi connectivity index (χ0n) is 19.9. The maximum absolute atomic E-state index is 13.6. The predicted octanol–water partition coefficient (Wildman–Crippen LogP) is 5.81. The Labute approximate surface area is 207 Å². The number of thioether (sulfide) groups is 1. The third kappa shape index (κ3) is 4.88. The average molecular weight is 494 g/mol. The smallest absolute Gasteiger partial charge is 0.267 e. The first-order valence-corrected chi connectivity index (χ1v) is 12.8. The fourth-order valence-corrected chi connectivity index (χ4v) is 5.48. The first-order valence-electron chi connectivity index (χ1n) is 11.0. The molecule has 0 saturated heterocycles. The van der Waals surface area contributed by atoms with Crippen LogP contribution in [0.25, 0.3) is 15.9 Å². The summed E-state index contributed by atoms with van der Waals surface area (Å²) in [6.45, 7) is 10.5. The lowest BCUT2D eigenvalue weighted by molar-refractivity contribution is -0.113. The van der Waals surface area contributed by atoms with E-state index in [0.29, 0.717) is 27.7 Å². The molecule has 0 saturated carbocycles. The van der Waals surface area contributed by atoms with Crippen LogP contribution in [0.4, 0.5) is 5.69 Å². The number of hydrogen-bond donors (Lipinski definition) is 1. The van der Waals surface area contributed by atoms with E-state index in [4.69, 9.17) is 9.72 Å². The second-order valence-corrected chi connectivity index (χ2v) is 10.2. The van der Waals surface area contributed by atoms with Crippen LogP contribution in [0.5, 0.6) is 5.75 Å². The lowest BCUT2D eigenvalue weighted by Gasteiger charge is -2.14. The van der Waals surface area contributed by atoms with E-state index in [0.717, 1.165) is 33.0 Å². The van der Waals surface area contributed by atoms with Gasteiger partial charge in [0.2, 0.25) is 5.91 Å². The van der Waals surface area contributed by atoms with Gasteiger partial charge in [0.05, 0.1) is 23.4 Å². The molecule has 2 aromatic carbocycles. The Kier molecular flexibility index (Phi) is 7.09. The van der Waals surface area contributed by atoms with Crippen molar-refractivity contribution in [2.45, 2.75) is 39.8 Å². The molecule has 4 aromatic rings. The molecule has 0 bridgehead atoms. The van der Waals surface area contributed by atoms with Crippen LogP contribution in [0.15, 0.2) is 52.4 Å². The van der Waals surface area contributed by atoms with Crippen LogP contribution in [0.2, 0.25) is 0 Å². The van der Waals surface area contributed by atoms with Crippen molar-refractivity contribution in [3.63, 3.8) is 0 Å². The molecular formula is C26H27N3O3S2. The van der Waals surface area contributed by atoms with E-state index < -0.39 is 0 Å². The zero-order chi connectivity index (χ0) is 24.4. The lowest BCUT2D eigenvalue weighted by atomic mass is 10.1. The van der Waals surface area contributed by atoms with Gasteiger partial charge in [-0.1, -0.05) is 17.8 Å². The number of benzene rings is 2. The van der Waals surface area contributed by atoms with Gasteiger partial charge in [0, 0.05) is 10.6 Å². The average Bonchev–Trinajstić information content (AvgIpc) is 3.09. The second-order valence-electron chi connectivity index (χ2n) is 8.06. The highest BCUT2D eigenvalue weighted by atomic mass is 32.2. The highest BCUT2D eigenvalue weighted by molar-refractivity contribution is 7.99. The minimum atomic E-state index is -0.173. The van der Waals surface area contributed by atoms with Crippen molar-refractivity contribution >= 4 is 44.9 Å². The molecule has 0 unspecified atom stereocenters. The van der Waals surface area contributed by atoms with E-state index in [2.05, 4.69) is 5.32 Å². The van der Waals surface area contributed by atoms with Crippen molar-refractivity contribution in [3.05, 3.63) is 74.4 Å². The number of thiophene rings is 1. The van der Waals surface area contributed by atoms with Gasteiger partial charge in [0.1, 0.15) is 10.6 Å². The fourth-order valence-electron chi connectivity index (χ4n) is 3.59. The van der Waals surface area contributed by atoms with Crippen molar-refractivity contribution in [2.24, 2.45) is 0 Å². The molecule has 8 heteroatoms. The van der Waals surface area contributed by atoms with Crippen LogP contribution in [-0.4, -0.2) is 27.8 Å². The Hall–Kier alpha value is -3.10. The van der Waals surface area contributed by atoms with Crippen molar-refractivity contribution in [1.82, 2.24) is 9.55 Å². The Balaban J connectivity index is 1.65. The Bertz CT molecular complexity index is 1420. The van der Waals surface area contributed by atoms with Crippen LogP contribution in [0.1, 0.15) is 28.5 Å². The van der Waals surface area contributed by atoms with Crippen LogP contribution in [0, 0.1) is 27.7 Å². The zero-order valence-corrected chi connectivity index (χ0v) is 21.5. The third-order valence-electron chi connectivity index (χ3n) is 5.70. The van der Waals surface area contributed by atoms with Gasteiger partial charge in [-0.15, -0.1) is 11.3 Å². The van der Waals surface area contributed by atoms with Gasteiger partial charge in [0.15, 0.2) is 5.16 Å². The van der Waals surface area contributed by atoms with Crippen molar-refractivity contribution in [1.29, 1.82) is 0 Å². The number of ether oxygens (including phenoxy) is 1. The number of aryl methyl sites for hydroxylation is 4. The fraction of sp³-hybridized carbons (Fsp3) is 0.269. The van der Waals surface area contributed by atoms with Crippen LogP contribution in [0.3, 0.4) is 0 Å². The number of rotatable bonds is 7. The number of nitrogens with one attached hydrogen (secondary N) is 1. The van der Waals surface area contributed by atoms with Gasteiger partial charge in [-0.3, -0.25) is 14.2 Å². The Morgan fingerprint density at radius 1 is 1.09 bits per heavy atom. The van der Waals surface area contributed by atoms with Gasteiger partial charge >= 0.3 is 0 Å². The van der Waals surface area contributed by atoms with Crippen LogP contribution in [-0.2, 0) is 4.79 Å². The quantitative estimate of drug-likeness (QED) is 0.260.